The maximum absolute atomic E-state index is 13.9. The number of ether oxygens (including phenoxy) is 1. The number of aromatic nitrogens is 1. The SMILES string of the molecule is CSCC[C@H](NC(=O)[C@@H](NC(=O)OC(C)(C)C)C(C)C)C(=O)N[C@@H](Cc1ccccc1)[C@@H](O)C[C@@H](C)C(=O)N[C@H](C(=O)NCc1ccncc1)C(C)C. The fourth-order valence-corrected chi connectivity index (χ4v) is 5.91. The molecule has 0 aliphatic heterocycles. The van der Waals surface area contributed by atoms with Crippen LogP contribution in [0.25, 0.3) is 0 Å². The molecule has 0 saturated carbocycles. The zero-order chi connectivity index (χ0) is 39.7. The molecule has 53 heavy (non-hydrogen) atoms. The lowest BCUT2D eigenvalue weighted by Crippen LogP contribution is -2.58. The van der Waals surface area contributed by atoms with Crippen LogP contribution < -0.4 is 26.6 Å². The summed E-state index contributed by atoms with van der Waals surface area (Å²) in [5.74, 6) is -2.46. The molecule has 5 amide bonds. The van der Waals surface area contributed by atoms with Gasteiger partial charge in [0.05, 0.1) is 12.1 Å². The van der Waals surface area contributed by atoms with E-state index in [4.69, 9.17) is 4.74 Å². The second kappa shape index (κ2) is 22.1. The van der Waals surface area contributed by atoms with Crippen molar-refractivity contribution in [1.82, 2.24) is 31.6 Å². The predicted molar refractivity (Wildman–Crippen MR) is 208 cm³/mol. The quantitative estimate of drug-likeness (QED) is 0.117. The number of aliphatic hydroxyl groups excluding tert-OH is 1. The molecular weight excluding hydrogens is 697 g/mol. The monoisotopic (exact) mass is 756 g/mol. The van der Waals surface area contributed by atoms with Crippen molar-refractivity contribution in [3.05, 3.63) is 66.0 Å². The Kier molecular flexibility index (Phi) is 18.8. The third-order valence-electron chi connectivity index (χ3n) is 8.46. The number of benzene rings is 1. The summed E-state index contributed by atoms with van der Waals surface area (Å²) in [6.45, 7) is 14.4. The van der Waals surface area contributed by atoms with Crippen molar-refractivity contribution < 1.29 is 33.8 Å². The molecule has 1 aromatic heterocycles. The van der Waals surface area contributed by atoms with Crippen molar-refractivity contribution in [1.29, 1.82) is 0 Å². The Morgan fingerprint density at radius 3 is 1.94 bits per heavy atom. The summed E-state index contributed by atoms with van der Waals surface area (Å²) in [6, 6.07) is 9.36. The summed E-state index contributed by atoms with van der Waals surface area (Å²) in [4.78, 5) is 70.4. The molecule has 0 unspecified atom stereocenters. The number of nitrogens with one attached hydrogen (secondary N) is 5. The van der Waals surface area contributed by atoms with Gasteiger partial charge in [0, 0.05) is 24.9 Å². The number of aliphatic hydroxyl groups is 1. The van der Waals surface area contributed by atoms with Crippen LogP contribution in [0.4, 0.5) is 4.79 Å². The van der Waals surface area contributed by atoms with Crippen LogP contribution in [0.2, 0.25) is 0 Å². The van der Waals surface area contributed by atoms with Gasteiger partial charge in [0.25, 0.3) is 0 Å². The molecular formula is C39H60N6O7S. The van der Waals surface area contributed by atoms with Gasteiger partial charge in [-0.3, -0.25) is 24.2 Å². The van der Waals surface area contributed by atoms with Crippen LogP contribution >= 0.6 is 11.8 Å². The Labute approximate surface area is 319 Å². The number of hydrogen-bond donors (Lipinski definition) is 6. The number of nitrogens with zero attached hydrogens (tertiary/aromatic N) is 1. The van der Waals surface area contributed by atoms with Gasteiger partial charge in [-0.1, -0.05) is 65.0 Å². The second-order valence-electron chi connectivity index (χ2n) is 15.0. The van der Waals surface area contributed by atoms with Gasteiger partial charge in [-0.05, 0) is 87.1 Å². The number of pyridine rings is 1. The zero-order valence-corrected chi connectivity index (χ0v) is 33.4. The third kappa shape index (κ3) is 16.6. The molecule has 0 fully saturated rings. The van der Waals surface area contributed by atoms with E-state index in [1.54, 1.807) is 66.1 Å². The molecule has 0 spiro atoms. The minimum atomic E-state index is -1.16. The summed E-state index contributed by atoms with van der Waals surface area (Å²) in [5.41, 5.74) is 0.963. The fourth-order valence-electron chi connectivity index (χ4n) is 5.43. The highest BCUT2D eigenvalue weighted by Crippen LogP contribution is 2.17. The molecule has 2 aromatic rings. The Morgan fingerprint density at radius 2 is 1.38 bits per heavy atom. The van der Waals surface area contributed by atoms with E-state index in [2.05, 4.69) is 31.6 Å². The van der Waals surface area contributed by atoms with Crippen LogP contribution in [-0.4, -0.2) is 87.7 Å². The van der Waals surface area contributed by atoms with E-state index >= 15 is 0 Å². The Balaban J connectivity index is 2.20. The van der Waals surface area contributed by atoms with E-state index in [0.717, 1.165) is 11.1 Å². The summed E-state index contributed by atoms with van der Waals surface area (Å²) >= 11 is 1.51. The van der Waals surface area contributed by atoms with Crippen molar-refractivity contribution in [3.8, 4) is 0 Å². The smallest absolute Gasteiger partial charge is 0.408 e. The highest BCUT2D eigenvalue weighted by atomic mass is 32.2. The number of alkyl carbamates (subject to hydrolysis) is 1. The first-order valence-corrected chi connectivity index (χ1v) is 19.6. The average Bonchev–Trinajstić information content (AvgIpc) is 3.09. The van der Waals surface area contributed by atoms with Gasteiger partial charge in [-0.15, -0.1) is 0 Å². The lowest BCUT2D eigenvalue weighted by molar-refractivity contribution is -0.133. The van der Waals surface area contributed by atoms with Crippen molar-refractivity contribution in [2.24, 2.45) is 17.8 Å². The zero-order valence-electron chi connectivity index (χ0n) is 32.6. The first kappa shape index (κ1) is 45.0. The maximum atomic E-state index is 13.9. The van der Waals surface area contributed by atoms with E-state index in [9.17, 15) is 29.1 Å². The standard InChI is InChI=1S/C39H60N6O7S/c1-24(2)32(36(49)41-23-28-15-18-40-19-16-28)44-34(47)26(5)21-31(46)30(22-27-13-11-10-12-14-27)43-35(48)29(17-20-53-9)42-37(50)33(25(3)4)45-38(51)52-39(6,7)8/h10-16,18-19,24-26,29-33,46H,17,20-23H2,1-9H3,(H,41,49)(H,42,50)(H,43,48)(H,44,47)(H,45,51)/t26-,29+,30+,31+,32+,33+/m1/s1. The molecule has 0 aliphatic rings. The van der Waals surface area contributed by atoms with Crippen molar-refractivity contribution in [3.63, 3.8) is 0 Å². The molecule has 14 heteroatoms. The topological polar surface area (TPSA) is 188 Å². The summed E-state index contributed by atoms with van der Waals surface area (Å²) in [5, 5.41) is 25.7. The highest BCUT2D eigenvalue weighted by Gasteiger charge is 2.33. The number of amides is 5. The molecule has 1 aromatic carbocycles. The van der Waals surface area contributed by atoms with E-state index in [-0.39, 0.29) is 37.1 Å². The molecule has 13 nitrogen and oxygen atoms in total. The molecule has 0 radical (unpaired) electrons. The molecule has 294 valence electrons. The summed E-state index contributed by atoms with van der Waals surface area (Å²) in [7, 11) is 0. The van der Waals surface area contributed by atoms with Crippen LogP contribution in [0.3, 0.4) is 0 Å². The van der Waals surface area contributed by atoms with E-state index in [1.165, 1.54) is 11.8 Å². The number of rotatable bonds is 20. The lowest BCUT2D eigenvalue weighted by atomic mass is 9.92. The predicted octanol–water partition coefficient (Wildman–Crippen LogP) is 3.74. The Hall–Kier alpha value is -4.17. The molecule has 2 rings (SSSR count). The van der Waals surface area contributed by atoms with Gasteiger partial charge in [-0.25, -0.2) is 4.79 Å². The van der Waals surface area contributed by atoms with Gasteiger partial charge >= 0.3 is 6.09 Å². The van der Waals surface area contributed by atoms with Gasteiger partial charge in [-0.2, -0.15) is 11.8 Å². The van der Waals surface area contributed by atoms with Crippen LogP contribution in [0.15, 0.2) is 54.9 Å². The van der Waals surface area contributed by atoms with Crippen molar-refractivity contribution in [2.75, 3.05) is 12.0 Å². The first-order valence-electron chi connectivity index (χ1n) is 18.2. The third-order valence-corrected chi connectivity index (χ3v) is 9.11. The summed E-state index contributed by atoms with van der Waals surface area (Å²) in [6.07, 6.45) is 3.80. The normalized spacial score (nSPS) is 14.9. The second-order valence-corrected chi connectivity index (χ2v) is 16.0. The summed E-state index contributed by atoms with van der Waals surface area (Å²) < 4.78 is 5.35. The average molecular weight is 757 g/mol. The van der Waals surface area contributed by atoms with Crippen LogP contribution in [0.5, 0.6) is 0 Å². The van der Waals surface area contributed by atoms with Crippen LogP contribution in [-0.2, 0) is 36.9 Å². The van der Waals surface area contributed by atoms with E-state index in [0.29, 0.717) is 12.2 Å². The molecule has 6 N–H and O–H groups in total. The molecule has 0 saturated heterocycles. The van der Waals surface area contributed by atoms with Crippen LogP contribution in [0.1, 0.15) is 79.4 Å². The fraction of sp³-hybridized carbons (Fsp3) is 0.590. The molecule has 6 atom stereocenters. The van der Waals surface area contributed by atoms with E-state index in [1.807, 2.05) is 50.4 Å². The minimum Gasteiger partial charge on any atom is -0.444 e. The first-order chi connectivity index (χ1) is 24.9. The number of carbonyl (C=O) groups excluding carboxylic acids is 5. The van der Waals surface area contributed by atoms with Gasteiger partial charge in [0.15, 0.2) is 0 Å². The van der Waals surface area contributed by atoms with Crippen molar-refractivity contribution >= 4 is 41.5 Å². The Bertz CT molecular complexity index is 1460. The van der Waals surface area contributed by atoms with E-state index < -0.39 is 65.6 Å². The number of thioether (sulfide) groups is 1. The van der Waals surface area contributed by atoms with Gasteiger partial charge in [0.2, 0.25) is 23.6 Å². The molecule has 0 bridgehead atoms. The van der Waals surface area contributed by atoms with Gasteiger partial charge in [0.1, 0.15) is 23.7 Å². The number of carbonyl (C=O) groups is 5. The highest BCUT2D eigenvalue weighted by molar-refractivity contribution is 7.98. The number of hydrogen-bond acceptors (Lipinski definition) is 9. The molecule has 1 heterocycles. The maximum Gasteiger partial charge on any atom is 0.408 e. The molecule has 0 aliphatic carbocycles. The van der Waals surface area contributed by atoms with Crippen molar-refractivity contribution in [2.45, 2.75) is 117 Å². The minimum absolute atomic E-state index is 0.00979. The van der Waals surface area contributed by atoms with Crippen LogP contribution in [0, 0.1) is 17.8 Å². The largest absolute Gasteiger partial charge is 0.444 e. The Morgan fingerprint density at radius 1 is 0.774 bits per heavy atom. The van der Waals surface area contributed by atoms with Gasteiger partial charge < -0.3 is 36.4 Å². The lowest BCUT2D eigenvalue weighted by Gasteiger charge is -2.30.